The molecular formula is C19H33NO. The molecule has 0 aliphatic heterocycles. The molecule has 0 heterocycles. The lowest BCUT2D eigenvalue weighted by molar-refractivity contribution is 0.330. The van der Waals surface area contributed by atoms with Crippen LogP contribution < -0.4 is 10.1 Å². The van der Waals surface area contributed by atoms with E-state index in [0.29, 0.717) is 0 Å². The van der Waals surface area contributed by atoms with Gasteiger partial charge in [-0.25, -0.2) is 0 Å². The highest BCUT2D eigenvalue weighted by atomic mass is 16.5. The minimum absolute atomic E-state index is 0.267. The predicted octanol–water partition coefficient (Wildman–Crippen LogP) is 4.92. The minimum Gasteiger partial charge on any atom is -0.494 e. The second kappa shape index (κ2) is 9.83. The van der Waals surface area contributed by atoms with Gasteiger partial charge in [-0.05, 0) is 50.4 Å². The van der Waals surface area contributed by atoms with E-state index in [1.807, 2.05) is 6.92 Å². The van der Waals surface area contributed by atoms with Crippen molar-refractivity contribution in [3.05, 3.63) is 29.8 Å². The third-order valence-electron chi connectivity index (χ3n) is 4.12. The highest BCUT2D eigenvalue weighted by molar-refractivity contribution is 5.33. The molecule has 0 amide bonds. The third-order valence-corrected chi connectivity index (χ3v) is 4.12. The van der Waals surface area contributed by atoms with Gasteiger partial charge in [0.2, 0.25) is 0 Å². The summed E-state index contributed by atoms with van der Waals surface area (Å²) in [6.45, 7) is 11.7. The van der Waals surface area contributed by atoms with Crippen LogP contribution in [0, 0.1) is 0 Å². The van der Waals surface area contributed by atoms with Gasteiger partial charge in [-0.15, -0.1) is 0 Å². The van der Waals surface area contributed by atoms with Gasteiger partial charge in [-0.3, -0.25) is 0 Å². The molecule has 21 heavy (non-hydrogen) atoms. The van der Waals surface area contributed by atoms with Crippen LogP contribution in [-0.4, -0.2) is 19.7 Å². The molecule has 0 aromatic heterocycles. The first-order valence-corrected chi connectivity index (χ1v) is 8.66. The van der Waals surface area contributed by atoms with E-state index in [2.05, 4.69) is 50.4 Å². The first-order chi connectivity index (χ1) is 10.2. The van der Waals surface area contributed by atoms with Gasteiger partial charge in [-0.2, -0.15) is 0 Å². The fourth-order valence-corrected chi connectivity index (χ4v) is 3.23. The van der Waals surface area contributed by atoms with Gasteiger partial charge in [0.05, 0.1) is 6.61 Å². The Kier molecular flexibility index (Phi) is 8.44. The predicted molar refractivity (Wildman–Crippen MR) is 92.3 cm³/mol. The summed E-state index contributed by atoms with van der Waals surface area (Å²) in [6, 6.07) is 8.78. The summed E-state index contributed by atoms with van der Waals surface area (Å²) in [5.74, 6) is 0.977. The molecule has 0 saturated heterocycles. The van der Waals surface area contributed by atoms with Crippen LogP contribution in [0.25, 0.3) is 0 Å². The molecule has 0 aliphatic carbocycles. The maximum atomic E-state index is 5.58. The first kappa shape index (κ1) is 18.0. The van der Waals surface area contributed by atoms with Gasteiger partial charge in [0.15, 0.2) is 0 Å². The Balaban J connectivity index is 2.95. The Bertz CT molecular complexity index is 366. The Morgan fingerprint density at radius 1 is 0.905 bits per heavy atom. The van der Waals surface area contributed by atoms with Crippen LogP contribution in [0.1, 0.15) is 65.4 Å². The first-order valence-electron chi connectivity index (χ1n) is 8.66. The molecule has 0 radical (unpaired) electrons. The van der Waals surface area contributed by atoms with E-state index in [9.17, 15) is 0 Å². The quantitative estimate of drug-likeness (QED) is 0.584. The van der Waals surface area contributed by atoms with Crippen molar-refractivity contribution in [2.75, 3.05) is 19.7 Å². The van der Waals surface area contributed by atoms with E-state index in [-0.39, 0.29) is 5.41 Å². The lowest BCUT2D eigenvalue weighted by atomic mass is 9.73. The minimum atomic E-state index is 0.267. The van der Waals surface area contributed by atoms with Crippen molar-refractivity contribution in [3.8, 4) is 5.75 Å². The van der Waals surface area contributed by atoms with E-state index < -0.39 is 0 Å². The maximum Gasteiger partial charge on any atom is 0.119 e. The fourth-order valence-electron chi connectivity index (χ4n) is 3.23. The Labute approximate surface area is 131 Å². The topological polar surface area (TPSA) is 21.3 Å². The van der Waals surface area contributed by atoms with Crippen LogP contribution in [-0.2, 0) is 5.41 Å². The van der Waals surface area contributed by atoms with Gasteiger partial charge in [0.25, 0.3) is 0 Å². The van der Waals surface area contributed by atoms with Crippen molar-refractivity contribution in [1.29, 1.82) is 0 Å². The lowest BCUT2D eigenvalue weighted by Gasteiger charge is -2.35. The number of hydrogen-bond acceptors (Lipinski definition) is 2. The second-order valence-corrected chi connectivity index (χ2v) is 5.91. The molecule has 1 aromatic carbocycles. The summed E-state index contributed by atoms with van der Waals surface area (Å²) in [4.78, 5) is 0. The zero-order chi connectivity index (χ0) is 15.6. The van der Waals surface area contributed by atoms with Crippen LogP contribution in [0.2, 0.25) is 0 Å². The van der Waals surface area contributed by atoms with Crippen LogP contribution in [0.3, 0.4) is 0 Å². The van der Waals surface area contributed by atoms with E-state index in [4.69, 9.17) is 4.74 Å². The van der Waals surface area contributed by atoms with Gasteiger partial charge >= 0.3 is 0 Å². The number of nitrogens with one attached hydrogen (secondary N) is 1. The summed E-state index contributed by atoms with van der Waals surface area (Å²) in [5.41, 5.74) is 1.72. The molecule has 2 nitrogen and oxygen atoms in total. The van der Waals surface area contributed by atoms with Crippen molar-refractivity contribution >= 4 is 0 Å². The molecule has 120 valence electrons. The zero-order valence-electron chi connectivity index (χ0n) is 14.4. The highest BCUT2D eigenvalue weighted by Crippen LogP contribution is 2.34. The smallest absolute Gasteiger partial charge is 0.119 e. The Morgan fingerprint density at radius 2 is 1.52 bits per heavy atom. The van der Waals surface area contributed by atoms with Crippen LogP contribution in [0.15, 0.2) is 24.3 Å². The average Bonchev–Trinajstić information content (AvgIpc) is 2.49. The molecule has 0 atom stereocenters. The number of rotatable bonds is 11. The Hall–Kier alpha value is -1.02. The largest absolute Gasteiger partial charge is 0.494 e. The molecule has 0 unspecified atom stereocenters. The molecule has 0 spiro atoms. The molecule has 0 bridgehead atoms. The highest BCUT2D eigenvalue weighted by Gasteiger charge is 2.30. The Morgan fingerprint density at radius 3 is 2.00 bits per heavy atom. The van der Waals surface area contributed by atoms with Crippen molar-refractivity contribution in [2.45, 2.75) is 65.2 Å². The van der Waals surface area contributed by atoms with Crippen molar-refractivity contribution in [1.82, 2.24) is 5.32 Å². The maximum absolute atomic E-state index is 5.58. The van der Waals surface area contributed by atoms with Crippen LogP contribution >= 0.6 is 0 Å². The van der Waals surface area contributed by atoms with Gasteiger partial charge < -0.3 is 10.1 Å². The number of benzene rings is 1. The normalized spacial score (nSPS) is 11.6. The standard InChI is InChI=1S/C19H33NO/c1-5-13-19(14-6-2,16-20-15-7-3)17-9-11-18(12-10-17)21-8-4/h9-12,20H,5-8,13-16H2,1-4H3. The molecule has 1 aromatic rings. The van der Waals surface area contributed by atoms with Crippen LogP contribution in [0.5, 0.6) is 5.75 Å². The third kappa shape index (κ3) is 5.35. The molecular weight excluding hydrogens is 258 g/mol. The lowest BCUT2D eigenvalue weighted by Crippen LogP contribution is -2.38. The fraction of sp³-hybridized carbons (Fsp3) is 0.684. The SMILES string of the molecule is CCCNCC(CCC)(CCC)c1ccc(OCC)cc1. The van der Waals surface area contributed by atoms with Crippen molar-refractivity contribution < 1.29 is 4.74 Å². The van der Waals surface area contributed by atoms with Gasteiger partial charge in [-0.1, -0.05) is 45.7 Å². The van der Waals surface area contributed by atoms with Crippen LogP contribution in [0.4, 0.5) is 0 Å². The molecule has 0 saturated carbocycles. The van der Waals surface area contributed by atoms with Crippen molar-refractivity contribution in [2.24, 2.45) is 0 Å². The number of hydrogen-bond donors (Lipinski definition) is 1. The monoisotopic (exact) mass is 291 g/mol. The van der Waals surface area contributed by atoms with E-state index in [1.54, 1.807) is 0 Å². The summed E-state index contributed by atoms with van der Waals surface area (Å²) >= 11 is 0. The summed E-state index contributed by atoms with van der Waals surface area (Å²) in [7, 11) is 0. The van der Waals surface area contributed by atoms with Gasteiger partial charge in [0.1, 0.15) is 5.75 Å². The summed E-state index contributed by atoms with van der Waals surface area (Å²) < 4.78 is 5.58. The molecule has 1 N–H and O–H groups in total. The van der Waals surface area contributed by atoms with E-state index >= 15 is 0 Å². The summed E-state index contributed by atoms with van der Waals surface area (Å²) in [6.07, 6.45) is 6.12. The second-order valence-electron chi connectivity index (χ2n) is 5.91. The zero-order valence-corrected chi connectivity index (χ0v) is 14.4. The molecule has 2 heteroatoms. The van der Waals surface area contributed by atoms with E-state index in [0.717, 1.165) is 25.4 Å². The molecule has 0 aliphatic rings. The summed E-state index contributed by atoms with van der Waals surface area (Å²) in [5, 5.41) is 3.65. The average molecular weight is 291 g/mol. The molecule has 1 rings (SSSR count). The van der Waals surface area contributed by atoms with Gasteiger partial charge in [0, 0.05) is 12.0 Å². The van der Waals surface area contributed by atoms with E-state index in [1.165, 1.54) is 37.7 Å². The van der Waals surface area contributed by atoms with Crippen molar-refractivity contribution in [3.63, 3.8) is 0 Å². The number of ether oxygens (including phenoxy) is 1. The molecule has 0 fully saturated rings.